The van der Waals surface area contributed by atoms with Crippen molar-refractivity contribution >= 4 is 50.4 Å². The molecule has 1 aliphatic rings. The topological polar surface area (TPSA) is 3.24 Å². The molecule has 0 saturated carbocycles. The molecule has 0 amide bonds. The van der Waals surface area contributed by atoms with Crippen molar-refractivity contribution in [3.8, 4) is 33.4 Å². The highest BCUT2D eigenvalue weighted by molar-refractivity contribution is 7.99. The summed E-state index contributed by atoms with van der Waals surface area (Å²) in [5.74, 6) is 0. The Morgan fingerprint density at radius 2 is 0.848 bits per heavy atom. The Labute approximate surface area is 273 Å². The van der Waals surface area contributed by atoms with Crippen molar-refractivity contribution in [2.24, 2.45) is 0 Å². The number of benzene rings is 8. The predicted molar refractivity (Wildman–Crippen MR) is 197 cm³/mol. The van der Waals surface area contributed by atoms with Crippen LogP contribution in [0, 0.1) is 0 Å². The molecular weight excluding hydrogens is 575 g/mol. The summed E-state index contributed by atoms with van der Waals surface area (Å²) in [6, 6.07) is 64.0. The molecule has 2 heteroatoms. The van der Waals surface area contributed by atoms with Gasteiger partial charge in [0.1, 0.15) is 0 Å². The highest BCUT2D eigenvalue weighted by atomic mass is 32.2. The summed E-state index contributed by atoms with van der Waals surface area (Å²) >= 11 is 1.84. The van der Waals surface area contributed by atoms with Crippen LogP contribution in [0.25, 0.3) is 54.9 Å². The van der Waals surface area contributed by atoms with Crippen LogP contribution in [0.15, 0.2) is 186 Å². The minimum absolute atomic E-state index is 1.16. The SMILES string of the molecule is c1cc(-c2ccc(-c3c4ccccc4cc4ccccc34)cc2)cc(-c2cccc(N3c4ccccc4Sc4ccccc43)c2)c1. The maximum Gasteiger partial charge on any atom is 0.0601 e. The van der Waals surface area contributed by atoms with E-state index in [2.05, 4.69) is 181 Å². The second kappa shape index (κ2) is 11.1. The van der Waals surface area contributed by atoms with E-state index >= 15 is 0 Å². The third-order valence-corrected chi connectivity index (χ3v) is 10.1. The molecule has 1 nitrogen and oxygen atoms in total. The minimum atomic E-state index is 1.16. The molecule has 0 fully saturated rings. The second-order valence-electron chi connectivity index (χ2n) is 11.8. The molecule has 8 aromatic rings. The molecule has 0 unspecified atom stereocenters. The maximum absolute atomic E-state index is 2.39. The van der Waals surface area contributed by atoms with Crippen LogP contribution >= 0.6 is 11.8 Å². The van der Waals surface area contributed by atoms with Gasteiger partial charge in [-0.1, -0.05) is 139 Å². The Hall–Kier alpha value is -5.57. The summed E-state index contributed by atoms with van der Waals surface area (Å²) < 4.78 is 0. The van der Waals surface area contributed by atoms with E-state index in [0.717, 1.165) is 5.69 Å². The maximum atomic E-state index is 2.39. The number of hydrogen-bond donors (Lipinski definition) is 0. The molecule has 0 aromatic heterocycles. The Morgan fingerprint density at radius 1 is 0.348 bits per heavy atom. The van der Waals surface area contributed by atoms with Crippen molar-refractivity contribution in [2.45, 2.75) is 9.79 Å². The van der Waals surface area contributed by atoms with Crippen molar-refractivity contribution < 1.29 is 0 Å². The van der Waals surface area contributed by atoms with Gasteiger partial charge in [-0.05, 0) is 103 Å². The van der Waals surface area contributed by atoms with Crippen LogP contribution in [0.2, 0.25) is 0 Å². The van der Waals surface area contributed by atoms with Crippen LogP contribution in [-0.2, 0) is 0 Å². The van der Waals surface area contributed by atoms with Crippen LogP contribution < -0.4 is 4.90 Å². The highest BCUT2D eigenvalue weighted by Crippen LogP contribution is 2.51. The summed E-state index contributed by atoms with van der Waals surface area (Å²) in [6.07, 6.45) is 0. The molecule has 46 heavy (non-hydrogen) atoms. The molecule has 0 radical (unpaired) electrons. The zero-order chi connectivity index (χ0) is 30.5. The average Bonchev–Trinajstić information content (AvgIpc) is 3.13. The van der Waals surface area contributed by atoms with Gasteiger partial charge in [-0.25, -0.2) is 0 Å². The molecule has 0 spiro atoms. The first-order valence-electron chi connectivity index (χ1n) is 15.7. The van der Waals surface area contributed by atoms with Crippen molar-refractivity contribution in [1.29, 1.82) is 0 Å². The largest absolute Gasteiger partial charge is 0.308 e. The fraction of sp³-hybridized carbons (Fsp3) is 0. The van der Waals surface area contributed by atoms with Crippen LogP contribution in [0.4, 0.5) is 17.1 Å². The van der Waals surface area contributed by atoms with Gasteiger partial charge in [0, 0.05) is 15.5 Å². The van der Waals surface area contributed by atoms with Crippen LogP contribution in [-0.4, -0.2) is 0 Å². The average molecular weight is 604 g/mol. The lowest BCUT2D eigenvalue weighted by Gasteiger charge is -2.33. The third kappa shape index (κ3) is 4.58. The van der Waals surface area contributed by atoms with Gasteiger partial charge in [-0.2, -0.15) is 0 Å². The zero-order valence-electron chi connectivity index (χ0n) is 25.1. The molecule has 8 aromatic carbocycles. The number of rotatable bonds is 4. The molecule has 0 bridgehead atoms. The van der Waals surface area contributed by atoms with Gasteiger partial charge < -0.3 is 4.90 Å². The highest BCUT2D eigenvalue weighted by Gasteiger charge is 2.24. The molecule has 1 aliphatic heterocycles. The summed E-state index contributed by atoms with van der Waals surface area (Å²) in [6.45, 7) is 0. The predicted octanol–water partition coefficient (Wildman–Crippen LogP) is 12.9. The van der Waals surface area contributed by atoms with Crippen molar-refractivity contribution in [3.05, 3.63) is 176 Å². The molecule has 216 valence electrons. The number of nitrogens with zero attached hydrogens (tertiary/aromatic N) is 1. The lowest BCUT2D eigenvalue weighted by Crippen LogP contribution is -2.14. The Kier molecular flexibility index (Phi) is 6.47. The van der Waals surface area contributed by atoms with Gasteiger partial charge in [0.25, 0.3) is 0 Å². The van der Waals surface area contributed by atoms with E-state index in [0.29, 0.717) is 0 Å². The van der Waals surface area contributed by atoms with Gasteiger partial charge >= 0.3 is 0 Å². The first-order chi connectivity index (χ1) is 22.8. The van der Waals surface area contributed by atoms with E-state index in [1.807, 2.05) is 11.8 Å². The molecule has 1 heterocycles. The quantitative estimate of drug-likeness (QED) is 0.184. The van der Waals surface area contributed by atoms with Crippen molar-refractivity contribution in [3.63, 3.8) is 0 Å². The Bertz CT molecular complexity index is 2310. The van der Waals surface area contributed by atoms with Crippen LogP contribution in [0.1, 0.15) is 0 Å². The number of fused-ring (bicyclic) bond motifs is 4. The minimum Gasteiger partial charge on any atom is -0.308 e. The molecule has 9 rings (SSSR count). The molecule has 0 saturated heterocycles. The smallest absolute Gasteiger partial charge is 0.0601 e. The van der Waals surface area contributed by atoms with Gasteiger partial charge in [-0.3, -0.25) is 0 Å². The van der Waals surface area contributed by atoms with Crippen LogP contribution in [0.5, 0.6) is 0 Å². The van der Waals surface area contributed by atoms with Gasteiger partial charge in [0.2, 0.25) is 0 Å². The third-order valence-electron chi connectivity index (χ3n) is 9.01. The summed E-state index contributed by atoms with van der Waals surface area (Å²) in [5.41, 5.74) is 11.0. The normalized spacial score (nSPS) is 12.2. The van der Waals surface area contributed by atoms with Gasteiger partial charge in [-0.15, -0.1) is 0 Å². The van der Waals surface area contributed by atoms with Gasteiger partial charge in [0.15, 0.2) is 0 Å². The fourth-order valence-corrected chi connectivity index (χ4v) is 7.90. The molecule has 0 N–H and O–H groups in total. The number of anilines is 3. The molecule has 0 atom stereocenters. The van der Waals surface area contributed by atoms with Crippen LogP contribution in [0.3, 0.4) is 0 Å². The van der Waals surface area contributed by atoms with Gasteiger partial charge in [0.05, 0.1) is 11.4 Å². The van der Waals surface area contributed by atoms with E-state index in [-0.39, 0.29) is 0 Å². The Morgan fingerprint density at radius 3 is 1.50 bits per heavy atom. The second-order valence-corrected chi connectivity index (χ2v) is 12.9. The lowest BCUT2D eigenvalue weighted by molar-refractivity contribution is 1.17. The fourth-order valence-electron chi connectivity index (χ4n) is 6.84. The monoisotopic (exact) mass is 603 g/mol. The van der Waals surface area contributed by atoms with E-state index in [9.17, 15) is 0 Å². The van der Waals surface area contributed by atoms with E-state index in [4.69, 9.17) is 0 Å². The van der Waals surface area contributed by atoms with E-state index in [1.54, 1.807) is 0 Å². The first-order valence-corrected chi connectivity index (χ1v) is 16.5. The Balaban J connectivity index is 1.09. The summed E-state index contributed by atoms with van der Waals surface area (Å²) in [7, 11) is 0. The zero-order valence-corrected chi connectivity index (χ0v) is 25.9. The number of hydrogen-bond acceptors (Lipinski definition) is 2. The standard InChI is InChI=1S/C44H29NS/c1-3-17-38-35(11-1)28-36-12-2-4-18-39(36)44(38)31-25-23-30(24-26-31)32-13-9-14-33(27-32)34-15-10-16-37(29-34)45-40-19-5-7-21-42(40)46-43-22-8-6-20-41(43)45/h1-29H. The van der Waals surface area contributed by atoms with Crippen molar-refractivity contribution in [2.75, 3.05) is 4.90 Å². The lowest BCUT2D eigenvalue weighted by atomic mass is 9.91. The summed E-state index contributed by atoms with van der Waals surface area (Å²) in [4.78, 5) is 4.94. The first kappa shape index (κ1) is 26.8. The van der Waals surface area contributed by atoms with E-state index < -0.39 is 0 Å². The number of para-hydroxylation sites is 2. The molecular formula is C44H29NS. The van der Waals surface area contributed by atoms with E-state index in [1.165, 1.54) is 76.1 Å². The molecule has 0 aliphatic carbocycles. The van der Waals surface area contributed by atoms with Crippen molar-refractivity contribution in [1.82, 2.24) is 0 Å². The summed E-state index contributed by atoms with van der Waals surface area (Å²) in [5, 5.41) is 5.11.